The molecule has 0 unspecified atom stereocenters. The third-order valence-corrected chi connectivity index (χ3v) is 6.91. The predicted molar refractivity (Wildman–Crippen MR) is 208 cm³/mol. The monoisotopic (exact) mass is 808 g/mol. The zero-order valence-corrected chi connectivity index (χ0v) is 31.5. The van der Waals surface area contributed by atoms with Crippen LogP contribution in [0, 0.1) is 0 Å². The number of carboxylic acids is 3. The van der Waals surface area contributed by atoms with Crippen molar-refractivity contribution in [3.63, 3.8) is 0 Å². The van der Waals surface area contributed by atoms with E-state index in [4.69, 9.17) is 29.2 Å². The predicted octanol–water partition coefficient (Wildman–Crippen LogP) is 6.42. The number of para-hydroxylation sites is 4. The van der Waals surface area contributed by atoms with Crippen molar-refractivity contribution in [3.05, 3.63) is 167 Å². The number of rotatable bonds is 12. The number of hydrogen-bond donors (Lipinski definition) is 4. The largest absolute Gasteiger partial charge is 0.478 e. The van der Waals surface area contributed by atoms with Gasteiger partial charge in [-0.25, -0.2) is 33.6 Å². The quantitative estimate of drug-likeness (QED) is 0.0459. The van der Waals surface area contributed by atoms with Crippen molar-refractivity contribution in [1.29, 1.82) is 0 Å². The molecule has 5 aromatic rings. The number of aldehydes is 1. The number of esters is 4. The van der Waals surface area contributed by atoms with Gasteiger partial charge in [-0.15, -0.1) is 0 Å². The second kappa shape index (κ2) is 24.3. The Morgan fingerprint density at radius 3 is 1.14 bits per heavy atom. The summed E-state index contributed by atoms with van der Waals surface area (Å²) in [6.07, 6.45) is 2.14. The molecule has 0 saturated heterocycles. The third-order valence-electron chi connectivity index (χ3n) is 6.91. The van der Waals surface area contributed by atoms with E-state index in [9.17, 15) is 48.6 Å². The first-order valence-electron chi connectivity index (χ1n) is 17.0. The molecule has 16 heteroatoms. The topological polar surface area (TPSA) is 254 Å². The lowest BCUT2D eigenvalue weighted by atomic mass is 10.1. The van der Waals surface area contributed by atoms with Crippen LogP contribution in [0.4, 0.5) is 0 Å². The number of benzene rings is 5. The molecule has 0 aliphatic heterocycles. The van der Waals surface area contributed by atoms with Gasteiger partial charge in [0.15, 0.2) is 6.29 Å². The molecule has 0 amide bonds. The molecule has 304 valence electrons. The van der Waals surface area contributed by atoms with Gasteiger partial charge in [-0.1, -0.05) is 68.4 Å². The first-order valence-corrected chi connectivity index (χ1v) is 17.0. The van der Waals surface area contributed by atoms with Gasteiger partial charge < -0.3 is 39.4 Å². The smallest absolute Gasteiger partial charge is 0.343 e. The van der Waals surface area contributed by atoms with Crippen LogP contribution in [0.2, 0.25) is 0 Å². The number of hydrogen-bond acceptors (Lipinski definition) is 13. The minimum absolute atomic E-state index is 0.0174. The van der Waals surface area contributed by atoms with Crippen LogP contribution in [0.5, 0.6) is 23.0 Å². The van der Waals surface area contributed by atoms with E-state index >= 15 is 0 Å². The van der Waals surface area contributed by atoms with Gasteiger partial charge in [0.1, 0.15) is 39.7 Å². The zero-order chi connectivity index (χ0) is 43.9. The average Bonchev–Trinajstić information content (AvgIpc) is 3.25. The van der Waals surface area contributed by atoms with Crippen molar-refractivity contribution >= 4 is 48.1 Å². The van der Waals surface area contributed by atoms with Crippen LogP contribution < -0.4 is 18.9 Å². The highest BCUT2D eigenvalue weighted by Gasteiger charge is 2.19. The molecule has 0 atom stereocenters. The Hall–Kier alpha value is -8.24. The fourth-order valence-electron chi connectivity index (χ4n) is 4.38. The summed E-state index contributed by atoms with van der Waals surface area (Å²) in [5, 5.41) is 34.3. The molecule has 0 aliphatic carbocycles. The second-order valence-electron chi connectivity index (χ2n) is 10.6. The van der Waals surface area contributed by atoms with Crippen LogP contribution in [0.3, 0.4) is 0 Å². The van der Waals surface area contributed by atoms with Gasteiger partial charge in [0.2, 0.25) is 0 Å². The van der Waals surface area contributed by atoms with Gasteiger partial charge in [-0.05, 0) is 66.7 Å². The van der Waals surface area contributed by atoms with E-state index in [-0.39, 0.29) is 56.4 Å². The van der Waals surface area contributed by atoms with Crippen LogP contribution in [0.1, 0.15) is 76.0 Å². The molecule has 5 aromatic carbocycles. The highest BCUT2D eigenvalue weighted by molar-refractivity contribution is 6.00. The Morgan fingerprint density at radius 1 is 0.441 bits per heavy atom. The number of aliphatic hydroxyl groups is 1. The number of carbonyl (C=O) groups excluding carboxylic acids is 5. The maximum Gasteiger partial charge on any atom is 0.343 e. The van der Waals surface area contributed by atoms with Crippen molar-refractivity contribution in [1.82, 2.24) is 0 Å². The van der Waals surface area contributed by atoms with E-state index in [1.807, 2.05) is 13.8 Å². The maximum absolute atomic E-state index is 12.4. The van der Waals surface area contributed by atoms with Crippen molar-refractivity contribution in [3.8, 4) is 23.0 Å². The zero-order valence-electron chi connectivity index (χ0n) is 31.5. The highest BCUT2D eigenvalue weighted by Crippen LogP contribution is 2.22. The maximum atomic E-state index is 12.4. The van der Waals surface area contributed by atoms with Gasteiger partial charge in [0.05, 0.1) is 16.7 Å². The normalized spacial score (nSPS) is 9.69. The van der Waals surface area contributed by atoms with Gasteiger partial charge in [-0.2, -0.15) is 0 Å². The SMILES string of the molecule is CC.CO.O=C(Oc1ccccc1C(=O)O)c1cccc(C(=O)Oc2ccccc2C(=O)O)c1.O=Cc1ccccc1OC(=O)/C=C/C(=O)Oc1ccccc1C(=O)O. The van der Waals surface area contributed by atoms with Crippen molar-refractivity contribution in [2.75, 3.05) is 7.11 Å². The Balaban J connectivity index is 0.000000381. The lowest BCUT2D eigenvalue weighted by molar-refractivity contribution is -0.131. The van der Waals surface area contributed by atoms with E-state index in [1.165, 1.54) is 109 Å². The van der Waals surface area contributed by atoms with E-state index in [0.717, 1.165) is 19.3 Å². The summed E-state index contributed by atoms with van der Waals surface area (Å²) in [7, 11) is 1.00. The van der Waals surface area contributed by atoms with Crippen LogP contribution >= 0.6 is 0 Å². The van der Waals surface area contributed by atoms with Crippen molar-refractivity contribution in [2.45, 2.75) is 13.8 Å². The molecule has 0 bridgehead atoms. The number of ether oxygens (including phenoxy) is 4. The highest BCUT2D eigenvalue weighted by atomic mass is 16.6. The first kappa shape index (κ1) is 46.9. The van der Waals surface area contributed by atoms with Gasteiger partial charge in [0.25, 0.3) is 0 Å². The Morgan fingerprint density at radius 2 is 0.763 bits per heavy atom. The standard InChI is InChI=1S/C22H14O8.C18H12O7.C2H6.CH4O/c23-19(24)15-8-1-3-10-17(15)29-21(27)13-6-5-7-14(12-13)22(28)30-18-11-4-2-9-16(18)20(25)26;19-11-12-5-1-3-7-14(12)24-16(20)9-10-17(21)25-15-8-4-2-6-13(15)18(22)23;2*1-2/h1-12H,(H,23,24)(H,25,26);1-11H,(H,22,23);1-2H3;2H,1H3/b;10-9+;;. The molecular weight excluding hydrogens is 772 g/mol. The first-order chi connectivity index (χ1) is 28.4. The van der Waals surface area contributed by atoms with E-state index in [2.05, 4.69) is 0 Å². The lowest BCUT2D eigenvalue weighted by Gasteiger charge is -2.09. The molecule has 0 heterocycles. The summed E-state index contributed by atoms with van der Waals surface area (Å²) < 4.78 is 20.1. The number of carboxylic acid groups (broad SMARTS) is 3. The molecule has 59 heavy (non-hydrogen) atoms. The molecule has 4 N–H and O–H groups in total. The summed E-state index contributed by atoms with van der Waals surface area (Å²) in [5.41, 5.74) is -0.417. The second-order valence-corrected chi connectivity index (χ2v) is 10.6. The summed E-state index contributed by atoms with van der Waals surface area (Å²) in [6.45, 7) is 4.00. The van der Waals surface area contributed by atoms with Crippen LogP contribution in [-0.4, -0.2) is 75.6 Å². The molecule has 5 rings (SSSR count). The Kier molecular flexibility index (Phi) is 19.3. The molecule has 0 aromatic heterocycles. The van der Waals surface area contributed by atoms with Crippen LogP contribution in [0.25, 0.3) is 0 Å². The van der Waals surface area contributed by atoms with E-state index < -0.39 is 41.8 Å². The summed E-state index contributed by atoms with van der Waals surface area (Å²) >= 11 is 0. The Labute approximate surface area is 336 Å². The van der Waals surface area contributed by atoms with Gasteiger partial charge >= 0.3 is 41.8 Å². The van der Waals surface area contributed by atoms with Crippen LogP contribution in [-0.2, 0) is 9.59 Å². The van der Waals surface area contributed by atoms with Crippen LogP contribution in [0.15, 0.2) is 133 Å². The molecular formula is C43H36O16. The minimum Gasteiger partial charge on any atom is -0.478 e. The number of aliphatic hydroxyl groups excluding tert-OH is 1. The van der Waals surface area contributed by atoms with E-state index in [0.29, 0.717) is 6.29 Å². The lowest BCUT2D eigenvalue weighted by Crippen LogP contribution is -2.14. The van der Waals surface area contributed by atoms with Crippen molar-refractivity contribution < 1.29 is 77.7 Å². The average molecular weight is 809 g/mol. The van der Waals surface area contributed by atoms with Crippen molar-refractivity contribution in [2.24, 2.45) is 0 Å². The summed E-state index contributed by atoms with van der Waals surface area (Å²) in [5.74, 6) is -7.73. The fourth-order valence-corrected chi connectivity index (χ4v) is 4.38. The molecule has 0 aliphatic rings. The molecule has 0 saturated carbocycles. The fraction of sp³-hybridized carbons (Fsp3) is 0.0698. The Bertz CT molecular complexity index is 2240. The molecule has 0 fully saturated rings. The summed E-state index contributed by atoms with van der Waals surface area (Å²) in [6, 6.07) is 28.3. The van der Waals surface area contributed by atoms with E-state index in [1.54, 1.807) is 12.1 Å². The van der Waals surface area contributed by atoms with Gasteiger partial charge in [0, 0.05) is 19.3 Å². The molecule has 16 nitrogen and oxygen atoms in total. The number of carbonyl (C=O) groups is 8. The van der Waals surface area contributed by atoms with Gasteiger partial charge in [-0.3, -0.25) is 4.79 Å². The molecule has 0 radical (unpaired) electrons. The minimum atomic E-state index is -1.26. The molecule has 0 spiro atoms. The third kappa shape index (κ3) is 14.4. The number of aromatic carboxylic acids is 3. The summed E-state index contributed by atoms with van der Waals surface area (Å²) in [4.78, 5) is 92.6.